The van der Waals surface area contributed by atoms with Crippen LogP contribution >= 0.6 is 0 Å². The third kappa shape index (κ3) is 5.44. The highest BCUT2D eigenvalue weighted by Crippen LogP contribution is 2.11. The van der Waals surface area contributed by atoms with Crippen molar-refractivity contribution in [3.63, 3.8) is 0 Å². The number of halogens is 1. The standard InChI is InChI=1S/C16H22FNO4/c1-12(16(20)22-3)11-18(9-4-10-21-2)15(19)13-5-7-14(17)8-6-13/h5-8,12H,4,9-11H2,1-3H3. The molecular formula is C16H22FNO4. The van der Waals surface area contributed by atoms with Gasteiger partial charge in [-0.2, -0.15) is 0 Å². The van der Waals surface area contributed by atoms with E-state index in [0.29, 0.717) is 25.1 Å². The third-order valence-corrected chi connectivity index (χ3v) is 3.25. The molecule has 0 radical (unpaired) electrons. The number of methoxy groups -OCH3 is 2. The molecular weight excluding hydrogens is 289 g/mol. The van der Waals surface area contributed by atoms with Crippen LogP contribution in [0.15, 0.2) is 24.3 Å². The number of carbonyl (C=O) groups excluding carboxylic acids is 2. The van der Waals surface area contributed by atoms with E-state index in [9.17, 15) is 14.0 Å². The molecule has 0 saturated heterocycles. The minimum Gasteiger partial charge on any atom is -0.469 e. The molecule has 1 atom stereocenters. The molecule has 0 spiro atoms. The summed E-state index contributed by atoms with van der Waals surface area (Å²) in [4.78, 5) is 25.6. The van der Waals surface area contributed by atoms with Gasteiger partial charge in [-0.05, 0) is 30.7 Å². The van der Waals surface area contributed by atoms with Gasteiger partial charge in [0.25, 0.3) is 5.91 Å². The first kappa shape index (κ1) is 18.1. The molecule has 22 heavy (non-hydrogen) atoms. The summed E-state index contributed by atoms with van der Waals surface area (Å²) in [5, 5.41) is 0. The van der Waals surface area contributed by atoms with Gasteiger partial charge < -0.3 is 14.4 Å². The molecule has 0 aliphatic heterocycles. The second-order valence-corrected chi connectivity index (χ2v) is 5.03. The fourth-order valence-corrected chi connectivity index (χ4v) is 2.06. The number of benzene rings is 1. The Kier molecular flexibility index (Phi) is 7.52. The largest absolute Gasteiger partial charge is 0.469 e. The molecule has 1 amide bonds. The Labute approximate surface area is 130 Å². The lowest BCUT2D eigenvalue weighted by Gasteiger charge is -2.25. The number of carbonyl (C=O) groups is 2. The fourth-order valence-electron chi connectivity index (χ4n) is 2.06. The summed E-state index contributed by atoms with van der Waals surface area (Å²) in [5.41, 5.74) is 0.385. The van der Waals surface area contributed by atoms with Crippen LogP contribution in [0.25, 0.3) is 0 Å². The second kappa shape index (κ2) is 9.15. The first-order chi connectivity index (χ1) is 10.5. The van der Waals surface area contributed by atoms with Crippen LogP contribution in [0.3, 0.4) is 0 Å². The molecule has 0 saturated carbocycles. The van der Waals surface area contributed by atoms with Crippen molar-refractivity contribution in [2.45, 2.75) is 13.3 Å². The average molecular weight is 311 g/mol. The van der Waals surface area contributed by atoms with E-state index in [1.165, 1.54) is 31.4 Å². The van der Waals surface area contributed by atoms with Gasteiger partial charge in [0.1, 0.15) is 5.82 Å². The summed E-state index contributed by atoms with van der Waals surface area (Å²) in [6, 6.07) is 5.35. The number of amides is 1. The van der Waals surface area contributed by atoms with Gasteiger partial charge in [0.05, 0.1) is 13.0 Å². The van der Waals surface area contributed by atoms with E-state index in [0.717, 1.165) is 0 Å². The zero-order valence-corrected chi connectivity index (χ0v) is 13.2. The highest BCUT2D eigenvalue weighted by Gasteiger charge is 2.22. The van der Waals surface area contributed by atoms with E-state index < -0.39 is 11.7 Å². The van der Waals surface area contributed by atoms with Gasteiger partial charge in [0.15, 0.2) is 0 Å². The molecule has 0 bridgehead atoms. The Hall–Kier alpha value is -1.95. The molecule has 5 nitrogen and oxygen atoms in total. The summed E-state index contributed by atoms with van der Waals surface area (Å²) < 4.78 is 22.6. The third-order valence-electron chi connectivity index (χ3n) is 3.25. The Morgan fingerprint density at radius 3 is 2.41 bits per heavy atom. The van der Waals surface area contributed by atoms with Crippen LogP contribution in [0.1, 0.15) is 23.7 Å². The van der Waals surface area contributed by atoms with Crippen molar-refractivity contribution in [3.05, 3.63) is 35.6 Å². The van der Waals surface area contributed by atoms with Crippen LogP contribution in [-0.2, 0) is 14.3 Å². The van der Waals surface area contributed by atoms with E-state index in [2.05, 4.69) is 4.74 Å². The van der Waals surface area contributed by atoms with Crippen LogP contribution < -0.4 is 0 Å². The summed E-state index contributed by atoms with van der Waals surface area (Å²) in [7, 11) is 2.90. The van der Waals surface area contributed by atoms with Gasteiger partial charge in [-0.1, -0.05) is 6.92 Å². The predicted molar refractivity (Wildman–Crippen MR) is 80.0 cm³/mol. The smallest absolute Gasteiger partial charge is 0.310 e. The number of ether oxygens (including phenoxy) is 2. The monoisotopic (exact) mass is 311 g/mol. The molecule has 0 N–H and O–H groups in total. The van der Waals surface area contributed by atoms with Crippen molar-refractivity contribution in [2.24, 2.45) is 5.92 Å². The predicted octanol–water partition coefficient (Wildman–Crippen LogP) is 2.11. The number of hydrogen-bond acceptors (Lipinski definition) is 4. The minimum absolute atomic E-state index is 0.243. The van der Waals surface area contributed by atoms with Gasteiger partial charge in [-0.3, -0.25) is 9.59 Å². The zero-order valence-electron chi connectivity index (χ0n) is 13.2. The van der Waals surface area contributed by atoms with Gasteiger partial charge >= 0.3 is 5.97 Å². The van der Waals surface area contributed by atoms with Gasteiger partial charge in [0.2, 0.25) is 0 Å². The maximum Gasteiger partial charge on any atom is 0.310 e. The first-order valence-corrected chi connectivity index (χ1v) is 7.11. The number of esters is 1. The molecule has 0 fully saturated rings. The quantitative estimate of drug-likeness (QED) is 0.545. The Bertz CT molecular complexity index is 489. The van der Waals surface area contributed by atoms with Crippen molar-refractivity contribution in [1.29, 1.82) is 0 Å². The summed E-state index contributed by atoms with van der Waals surface area (Å²) in [5.74, 6) is -1.45. The summed E-state index contributed by atoms with van der Waals surface area (Å²) in [6.07, 6.45) is 0.650. The Morgan fingerprint density at radius 2 is 1.86 bits per heavy atom. The molecule has 1 unspecified atom stereocenters. The lowest BCUT2D eigenvalue weighted by Crippen LogP contribution is -2.38. The molecule has 0 aromatic heterocycles. The minimum atomic E-state index is -0.433. The summed E-state index contributed by atoms with van der Waals surface area (Å²) >= 11 is 0. The van der Waals surface area contributed by atoms with E-state index in [4.69, 9.17) is 4.74 Å². The van der Waals surface area contributed by atoms with Gasteiger partial charge in [-0.25, -0.2) is 4.39 Å². The number of rotatable bonds is 8. The molecule has 1 aromatic carbocycles. The normalized spacial score (nSPS) is 11.8. The highest BCUT2D eigenvalue weighted by molar-refractivity contribution is 5.94. The second-order valence-electron chi connectivity index (χ2n) is 5.03. The van der Waals surface area contributed by atoms with E-state index >= 15 is 0 Å². The van der Waals surface area contributed by atoms with Crippen molar-refractivity contribution in [2.75, 3.05) is 33.9 Å². The van der Waals surface area contributed by atoms with Crippen molar-refractivity contribution < 1.29 is 23.5 Å². The molecule has 0 aliphatic rings. The maximum atomic E-state index is 13.0. The first-order valence-electron chi connectivity index (χ1n) is 7.11. The van der Waals surface area contributed by atoms with Crippen molar-refractivity contribution in [1.82, 2.24) is 4.90 Å². The van der Waals surface area contributed by atoms with Crippen LogP contribution in [0.5, 0.6) is 0 Å². The average Bonchev–Trinajstić information content (AvgIpc) is 2.53. The zero-order chi connectivity index (χ0) is 16.5. The van der Waals surface area contributed by atoms with Crippen molar-refractivity contribution in [3.8, 4) is 0 Å². The van der Waals surface area contributed by atoms with Crippen LogP contribution in [-0.4, -0.2) is 50.7 Å². The van der Waals surface area contributed by atoms with Crippen molar-refractivity contribution >= 4 is 11.9 Å². The van der Waals surface area contributed by atoms with Crippen LogP contribution in [0.2, 0.25) is 0 Å². The van der Waals surface area contributed by atoms with E-state index in [-0.39, 0.29) is 18.4 Å². The highest BCUT2D eigenvalue weighted by atomic mass is 19.1. The number of hydrogen-bond donors (Lipinski definition) is 0. The Balaban J connectivity index is 2.81. The summed E-state index contributed by atoms with van der Waals surface area (Å²) in [6.45, 7) is 2.91. The van der Waals surface area contributed by atoms with E-state index in [1.807, 2.05) is 0 Å². The fraction of sp³-hybridized carbons (Fsp3) is 0.500. The topological polar surface area (TPSA) is 55.8 Å². The maximum absolute atomic E-state index is 13.0. The SMILES string of the molecule is COCCCN(CC(C)C(=O)OC)C(=O)c1ccc(F)cc1. The van der Waals surface area contributed by atoms with Gasteiger partial charge in [-0.15, -0.1) is 0 Å². The lowest BCUT2D eigenvalue weighted by atomic mass is 10.1. The molecule has 6 heteroatoms. The molecule has 0 aliphatic carbocycles. The molecule has 122 valence electrons. The molecule has 0 heterocycles. The van der Waals surface area contributed by atoms with Gasteiger partial charge in [0, 0.05) is 32.4 Å². The Morgan fingerprint density at radius 1 is 1.23 bits per heavy atom. The number of nitrogens with zero attached hydrogens (tertiary/aromatic N) is 1. The van der Waals surface area contributed by atoms with Crippen LogP contribution in [0, 0.1) is 11.7 Å². The van der Waals surface area contributed by atoms with E-state index in [1.54, 1.807) is 18.9 Å². The molecule has 1 rings (SSSR count). The lowest BCUT2D eigenvalue weighted by molar-refractivity contribution is -0.145. The van der Waals surface area contributed by atoms with Crippen LogP contribution in [0.4, 0.5) is 4.39 Å². The molecule has 1 aromatic rings.